The molecule has 45 heavy (non-hydrogen) atoms. The summed E-state index contributed by atoms with van der Waals surface area (Å²) in [7, 11) is 6.73. The summed E-state index contributed by atoms with van der Waals surface area (Å²) in [6.07, 6.45) is 8.59. The average Bonchev–Trinajstić information content (AvgIpc) is 3.94. The van der Waals surface area contributed by atoms with E-state index in [1.165, 1.54) is 19.3 Å². The van der Waals surface area contributed by atoms with Gasteiger partial charge in [-0.15, -0.1) is 0 Å². The predicted molar refractivity (Wildman–Crippen MR) is 175 cm³/mol. The van der Waals surface area contributed by atoms with Crippen LogP contribution in [0.15, 0.2) is 0 Å². The van der Waals surface area contributed by atoms with Crippen LogP contribution in [0.1, 0.15) is 38.5 Å². The monoisotopic (exact) mass is 702 g/mol. The van der Waals surface area contributed by atoms with Crippen molar-refractivity contribution in [2.75, 3.05) is 96.5 Å². The number of hydrogen-bond donors (Lipinski definition) is 0. The molecule has 4 fully saturated rings. The van der Waals surface area contributed by atoms with Crippen LogP contribution in [0, 0.1) is 5.92 Å². The van der Waals surface area contributed by atoms with Gasteiger partial charge in [0.05, 0.1) is 38.6 Å². The Bertz CT molecular complexity index is 734. The van der Waals surface area contributed by atoms with E-state index < -0.39 is 26.2 Å². The van der Waals surface area contributed by atoms with E-state index >= 15 is 0 Å². The van der Waals surface area contributed by atoms with Crippen molar-refractivity contribution in [1.82, 2.24) is 0 Å². The first-order chi connectivity index (χ1) is 21.7. The molecule has 3 aliphatic heterocycles. The summed E-state index contributed by atoms with van der Waals surface area (Å²) in [5, 5.41) is 0. The Labute approximate surface area is 275 Å². The van der Waals surface area contributed by atoms with Gasteiger partial charge in [-0.1, -0.05) is 0 Å². The van der Waals surface area contributed by atoms with Crippen LogP contribution in [-0.2, 0) is 59.1 Å². The van der Waals surface area contributed by atoms with Crippen molar-refractivity contribution in [3.63, 3.8) is 0 Å². The molecule has 1 aliphatic carbocycles. The average molecular weight is 703 g/mol. The summed E-state index contributed by atoms with van der Waals surface area (Å²) in [6, 6.07) is 2.67. The zero-order valence-corrected chi connectivity index (χ0v) is 32.3. The molecular weight excluding hydrogens is 641 g/mol. The summed E-state index contributed by atoms with van der Waals surface area (Å²) in [6.45, 7) is 6.67. The van der Waals surface area contributed by atoms with E-state index in [-0.39, 0.29) is 0 Å². The van der Waals surface area contributed by atoms with Crippen molar-refractivity contribution in [3.8, 4) is 0 Å². The van der Waals surface area contributed by atoms with Gasteiger partial charge in [-0.3, -0.25) is 0 Å². The van der Waals surface area contributed by atoms with Crippen molar-refractivity contribution in [1.29, 1.82) is 0 Å². The minimum atomic E-state index is -2.39. The summed E-state index contributed by atoms with van der Waals surface area (Å²) < 4.78 is 69.3. The van der Waals surface area contributed by atoms with Crippen LogP contribution in [0.5, 0.6) is 0 Å². The van der Waals surface area contributed by atoms with Gasteiger partial charge in [0.2, 0.25) is 0 Å². The lowest BCUT2D eigenvalue weighted by molar-refractivity contribution is 0.100. The Hall–Kier alpha value is 0.131. The van der Waals surface area contributed by atoms with E-state index in [0.29, 0.717) is 37.6 Å². The van der Waals surface area contributed by atoms with Crippen LogP contribution < -0.4 is 0 Å². The molecule has 5 atom stereocenters. The predicted octanol–water partition coefficient (Wildman–Crippen LogP) is 3.65. The maximum atomic E-state index is 5.54. The van der Waals surface area contributed by atoms with Gasteiger partial charge < -0.3 is 59.1 Å². The maximum Gasteiger partial charge on any atom is 0.500 e. The van der Waals surface area contributed by atoms with Crippen molar-refractivity contribution in [2.24, 2.45) is 5.92 Å². The highest BCUT2D eigenvalue weighted by molar-refractivity contribution is 6.65. The second-order valence-corrected chi connectivity index (χ2v) is 21.6. The highest BCUT2D eigenvalue weighted by Crippen LogP contribution is 2.41. The van der Waals surface area contributed by atoms with Crippen LogP contribution in [0.25, 0.3) is 0 Å². The molecule has 0 bridgehead atoms. The van der Waals surface area contributed by atoms with E-state index in [2.05, 4.69) is 6.55 Å². The number of hydrogen-bond acceptors (Lipinski definition) is 13. The van der Waals surface area contributed by atoms with E-state index in [4.69, 9.17) is 59.1 Å². The van der Waals surface area contributed by atoms with Crippen molar-refractivity contribution in [3.05, 3.63) is 0 Å². The molecule has 0 amide bonds. The molecule has 3 heterocycles. The first kappa shape index (κ1) is 41.3. The summed E-state index contributed by atoms with van der Waals surface area (Å²) in [5.41, 5.74) is 0. The Morgan fingerprint density at radius 2 is 1.04 bits per heavy atom. The fourth-order valence-corrected chi connectivity index (χ4v) is 10.1. The fourth-order valence-electron chi connectivity index (χ4n) is 5.17. The quantitative estimate of drug-likeness (QED) is 0.0874. The van der Waals surface area contributed by atoms with E-state index in [1.54, 1.807) is 56.9 Å². The minimum Gasteiger partial charge on any atom is -0.398 e. The molecule has 0 aromatic heterocycles. The minimum absolute atomic E-state index is 0.333. The molecule has 0 aromatic carbocycles. The Morgan fingerprint density at radius 1 is 0.578 bits per heavy atom. The first-order valence-electron chi connectivity index (χ1n) is 16.1. The van der Waals surface area contributed by atoms with Gasteiger partial charge >= 0.3 is 26.2 Å². The van der Waals surface area contributed by atoms with Crippen molar-refractivity contribution >= 4 is 26.2 Å². The van der Waals surface area contributed by atoms with Crippen LogP contribution in [-0.4, -0.2) is 147 Å². The van der Waals surface area contributed by atoms with Gasteiger partial charge in [0.15, 0.2) is 0 Å². The van der Waals surface area contributed by atoms with Crippen LogP contribution in [0.4, 0.5) is 0 Å². The molecule has 1 saturated carbocycles. The maximum absolute atomic E-state index is 5.54. The summed E-state index contributed by atoms with van der Waals surface area (Å²) in [5.74, 6) is 0.760. The fraction of sp³-hybridized carbons (Fsp3) is 1.00. The number of ether oxygens (including phenoxy) is 5. The standard InChI is InChI=1S/C11H22O4Si.C9H20O5Si.C9H20O4Si/c1-12-16(13-2,14-3)7-6-9-4-5-10-11(8-9)15-10;1-10-15(11-2,12-3)6-4-5-13-7-9-8-14-9;1-10-14(3,11-2)6-4-5-12-7-9-8-13-9/h9-11H,4-8H2,1-3H3;9H,4-8H2,1-3H3;9H,4-8H2,1-3H3. The third-order valence-corrected chi connectivity index (χ3v) is 17.4. The number of fused-ring (bicyclic) bond motifs is 1. The lowest BCUT2D eigenvalue weighted by atomic mass is 9.88. The van der Waals surface area contributed by atoms with Gasteiger partial charge in [0, 0.05) is 82.2 Å². The van der Waals surface area contributed by atoms with Crippen LogP contribution >= 0.6 is 0 Å². The zero-order valence-electron chi connectivity index (χ0n) is 29.3. The molecule has 0 spiro atoms. The normalized spacial score (nSPS) is 25.4. The van der Waals surface area contributed by atoms with Gasteiger partial charge in [0.1, 0.15) is 12.2 Å². The van der Waals surface area contributed by atoms with Crippen molar-refractivity contribution in [2.45, 2.75) is 87.6 Å². The molecule has 5 unspecified atom stereocenters. The molecule has 13 nitrogen and oxygen atoms in total. The van der Waals surface area contributed by atoms with Crippen LogP contribution in [0.2, 0.25) is 24.7 Å². The van der Waals surface area contributed by atoms with Gasteiger partial charge in [-0.25, -0.2) is 0 Å². The SMILES string of the molecule is CO[Si](C)(CCCOCC1CO1)OC.CO[Si](CCC1CCC2OC2C1)(OC)OC.CO[Si](CCCOCC1CO1)(OC)OC. The highest BCUT2D eigenvalue weighted by atomic mass is 28.4. The molecule has 4 rings (SSSR count). The lowest BCUT2D eigenvalue weighted by Gasteiger charge is -2.27. The van der Waals surface area contributed by atoms with E-state index in [0.717, 1.165) is 69.7 Å². The highest BCUT2D eigenvalue weighted by Gasteiger charge is 2.45. The number of epoxide rings is 3. The first-order valence-corrected chi connectivity index (χ1v) is 22.5. The molecule has 0 N–H and O–H groups in total. The second kappa shape index (κ2) is 22.0. The smallest absolute Gasteiger partial charge is 0.398 e. The largest absolute Gasteiger partial charge is 0.500 e. The van der Waals surface area contributed by atoms with Gasteiger partial charge in [-0.2, -0.15) is 0 Å². The Balaban J connectivity index is 0.000000236. The molecule has 3 saturated heterocycles. The summed E-state index contributed by atoms with van der Waals surface area (Å²) >= 11 is 0. The second-order valence-electron chi connectivity index (χ2n) is 11.8. The molecule has 0 aromatic rings. The van der Waals surface area contributed by atoms with E-state index in [1.807, 2.05) is 0 Å². The molecule has 268 valence electrons. The Morgan fingerprint density at radius 3 is 1.47 bits per heavy atom. The number of rotatable bonds is 23. The third kappa shape index (κ3) is 16.4. The van der Waals surface area contributed by atoms with Gasteiger partial charge in [-0.05, 0) is 57.0 Å². The molecule has 16 heteroatoms. The molecule has 0 radical (unpaired) electrons. The topological polar surface area (TPSA) is 130 Å². The van der Waals surface area contributed by atoms with E-state index in [9.17, 15) is 0 Å². The van der Waals surface area contributed by atoms with Crippen molar-refractivity contribution < 1.29 is 59.1 Å². The lowest BCUT2D eigenvalue weighted by Crippen LogP contribution is -2.43. The molecule has 4 aliphatic rings. The van der Waals surface area contributed by atoms with Crippen LogP contribution in [0.3, 0.4) is 0 Å². The van der Waals surface area contributed by atoms with Gasteiger partial charge in [0.25, 0.3) is 0 Å². The zero-order chi connectivity index (χ0) is 33.2. The summed E-state index contributed by atoms with van der Waals surface area (Å²) in [4.78, 5) is 0. The Kier molecular flexibility index (Phi) is 20.2. The third-order valence-electron chi connectivity index (χ3n) is 8.80. The molecular formula is C29H62O13Si3.